The minimum atomic E-state index is -0.348. The second-order valence-corrected chi connectivity index (χ2v) is 4.85. The lowest BCUT2D eigenvalue weighted by atomic mass is 9.89. The van der Waals surface area contributed by atoms with E-state index in [1.165, 1.54) is 23.1 Å². The number of nitrogens with zero attached hydrogens (tertiary/aromatic N) is 1. The number of allylic oxidation sites excluding steroid dienone is 3. The van der Waals surface area contributed by atoms with Gasteiger partial charge in [0.05, 0.1) is 0 Å². The number of carbonyl (C=O) groups is 2. The maximum absolute atomic E-state index is 11.9. The van der Waals surface area contributed by atoms with Crippen molar-refractivity contribution in [3.05, 3.63) is 36.0 Å². The van der Waals surface area contributed by atoms with Crippen molar-refractivity contribution in [1.29, 1.82) is 5.41 Å². The quantitative estimate of drug-likeness (QED) is 0.471. The zero-order chi connectivity index (χ0) is 13.8. The summed E-state index contributed by atoms with van der Waals surface area (Å²) in [4.78, 5) is 24.8. The summed E-state index contributed by atoms with van der Waals surface area (Å²) in [6.45, 7) is 6.10. The van der Waals surface area contributed by atoms with Crippen molar-refractivity contribution in [2.75, 3.05) is 6.54 Å². The van der Waals surface area contributed by atoms with Crippen LogP contribution in [-0.2, 0) is 9.59 Å². The van der Waals surface area contributed by atoms with Crippen LogP contribution >= 0.6 is 0 Å². The van der Waals surface area contributed by atoms with Crippen LogP contribution in [0.3, 0.4) is 0 Å². The standard InChI is InChI=1S/C14H18N2O2/c1-4-11(9-15)5-6-12(17)16-10-14(2,3)8-7-13(16)18/h4-9,15H,10H2,1-3H3/b6-5+,11-4-,15-9?. The lowest BCUT2D eigenvalue weighted by Crippen LogP contribution is -2.43. The van der Waals surface area contributed by atoms with Crippen LogP contribution in [0.4, 0.5) is 0 Å². The summed E-state index contributed by atoms with van der Waals surface area (Å²) in [6.07, 6.45) is 8.99. The van der Waals surface area contributed by atoms with E-state index >= 15 is 0 Å². The molecule has 0 aromatic rings. The number of rotatable bonds is 3. The van der Waals surface area contributed by atoms with Gasteiger partial charge in [-0.2, -0.15) is 0 Å². The highest BCUT2D eigenvalue weighted by atomic mass is 16.2. The molecule has 1 aliphatic rings. The molecule has 0 spiro atoms. The molecule has 1 aliphatic heterocycles. The molecule has 0 bridgehead atoms. The first-order valence-corrected chi connectivity index (χ1v) is 5.79. The summed E-state index contributed by atoms with van der Waals surface area (Å²) < 4.78 is 0. The summed E-state index contributed by atoms with van der Waals surface area (Å²) in [6, 6.07) is 0. The molecule has 0 aromatic heterocycles. The van der Waals surface area contributed by atoms with Gasteiger partial charge in [-0.3, -0.25) is 14.5 Å². The average Bonchev–Trinajstić information content (AvgIpc) is 2.33. The summed E-state index contributed by atoms with van der Waals surface area (Å²) >= 11 is 0. The fourth-order valence-corrected chi connectivity index (χ4v) is 1.60. The normalized spacial score (nSPS) is 19.4. The molecule has 96 valence electrons. The van der Waals surface area contributed by atoms with E-state index < -0.39 is 0 Å². The molecule has 4 nitrogen and oxygen atoms in total. The summed E-state index contributed by atoms with van der Waals surface area (Å²) in [7, 11) is 0. The molecule has 0 aliphatic carbocycles. The molecule has 0 radical (unpaired) electrons. The molecule has 4 heteroatoms. The van der Waals surface area contributed by atoms with Crippen molar-refractivity contribution >= 4 is 18.0 Å². The molecule has 1 N–H and O–H groups in total. The van der Waals surface area contributed by atoms with Gasteiger partial charge >= 0.3 is 0 Å². The lowest BCUT2D eigenvalue weighted by molar-refractivity contribution is -0.140. The number of amides is 2. The second-order valence-electron chi connectivity index (χ2n) is 4.85. The largest absolute Gasteiger partial charge is 0.308 e. The predicted octanol–water partition coefficient (Wildman–Crippen LogP) is 2.09. The second kappa shape index (κ2) is 5.58. The third-order valence-corrected chi connectivity index (χ3v) is 2.69. The summed E-state index contributed by atoms with van der Waals surface area (Å²) in [5, 5.41) is 7.10. The predicted molar refractivity (Wildman–Crippen MR) is 71.3 cm³/mol. The van der Waals surface area contributed by atoms with Crippen molar-refractivity contribution in [2.24, 2.45) is 5.41 Å². The highest BCUT2D eigenvalue weighted by Gasteiger charge is 2.29. The summed E-state index contributed by atoms with van der Waals surface area (Å²) in [5.74, 6) is -0.639. The molecule has 0 unspecified atom stereocenters. The Hall–Kier alpha value is -1.97. The van der Waals surface area contributed by atoms with Gasteiger partial charge < -0.3 is 5.41 Å². The van der Waals surface area contributed by atoms with Crippen molar-refractivity contribution in [1.82, 2.24) is 4.90 Å². The minimum Gasteiger partial charge on any atom is -0.308 e. The first kappa shape index (κ1) is 14.1. The summed E-state index contributed by atoms with van der Waals surface area (Å²) in [5.41, 5.74) is 0.435. The minimum absolute atomic E-state index is 0.192. The van der Waals surface area contributed by atoms with Crippen LogP contribution in [-0.4, -0.2) is 29.5 Å². The Morgan fingerprint density at radius 3 is 2.67 bits per heavy atom. The van der Waals surface area contributed by atoms with Crippen LogP contribution in [0, 0.1) is 10.8 Å². The van der Waals surface area contributed by atoms with E-state index in [1.807, 2.05) is 19.9 Å². The smallest absolute Gasteiger partial charge is 0.253 e. The molecule has 2 amide bonds. The molecule has 0 fully saturated rings. The number of hydrogen-bond acceptors (Lipinski definition) is 3. The Kier molecular flexibility index (Phi) is 4.37. The van der Waals surface area contributed by atoms with E-state index in [9.17, 15) is 9.59 Å². The number of nitrogens with one attached hydrogen (secondary N) is 1. The lowest BCUT2D eigenvalue weighted by Gasteiger charge is -2.31. The highest BCUT2D eigenvalue weighted by Crippen LogP contribution is 2.23. The molecule has 0 saturated carbocycles. The Labute approximate surface area is 107 Å². The molecule has 0 aromatic carbocycles. The van der Waals surface area contributed by atoms with Crippen molar-refractivity contribution in [3.8, 4) is 0 Å². The average molecular weight is 246 g/mol. The number of carbonyl (C=O) groups excluding carboxylic acids is 2. The van der Waals surface area contributed by atoms with Crippen molar-refractivity contribution in [3.63, 3.8) is 0 Å². The third-order valence-electron chi connectivity index (χ3n) is 2.69. The first-order chi connectivity index (χ1) is 8.39. The maximum Gasteiger partial charge on any atom is 0.253 e. The topological polar surface area (TPSA) is 61.2 Å². The van der Waals surface area contributed by atoms with E-state index in [2.05, 4.69) is 0 Å². The monoisotopic (exact) mass is 246 g/mol. The van der Waals surface area contributed by atoms with Gasteiger partial charge in [-0.15, -0.1) is 0 Å². The van der Waals surface area contributed by atoms with Crippen LogP contribution in [0.15, 0.2) is 36.0 Å². The van der Waals surface area contributed by atoms with Gasteiger partial charge in [-0.05, 0) is 18.6 Å². The Bertz CT molecular complexity index is 456. The van der Waals surface area contributed by atoms with Gasteiger partial charge in [0.2, 0.25) is 0 Å². The zero-order valence-corrected chi connectivity index (χ0v) is 10.9. The highest BCUT2D eigenvalue weighted by molar-refractivity contribution is 6.06. The van der Waals surface area contributed by atoms with Crippen molar-refractivity contribution in [2.45, 2.75) is 20.8 Å². The molecule has 1 heterocycles. The fraction of sp³-hybridized carbons (Fsp3) is 0.357. The molecule has 0 saturated heterocycles. The van der Waals surface area contributed by atoms with Gasteiger partial charge in [0.1, 0.15) is 0 Å². The van der Waals surface area contributed by atoms with E-state index in [1.54, 1.807) is 13.0 Å². The Morgan fingerprint density at radius 2 is 2.11 bits per heavy atom. The van der Waals surface area contributed by atoms with E-state index in [-0.39, 0.29) is 17.2 Å². The van der Waals surface area contributed by atoms with E-state index in [0.29, 0.717) is 12.1 Å². The van der Waals surface area contributed by atoms with Crippen LogP contribution < -0.4 is 0 Å². The van der Waals surface area contributed by atoms with Crippen LogP contribution in [0.5, 0.6) is 0 Å². The van der Waals surface area contributed by atoms with Crippen molar-refractivity contribution < 1.29 is 9.59 Å². The third kappa shape index (κ3) is 3.52. The molecular formula is C14H18N2O2. The van der Waals surface area contributed by atoms with E-state index in [0.717, 1.165) is 6.21 Å². The molecule has 1 rings (SSSR count). The molecule has 18 heavy (non-hydrogen) atoms. The van der Waals surface area contributed by atoms with Gasteiger partial charge in [-0.1, -0.05) is 26.0 Å². The van der Waals surface area contributed by atoms with Gasteiger partial charge in [0.15, 0.2) is 0 Å². The maximum atomic E-state index is 11.9. The van der Waals surface area contributed by atoms with Crippen LogP contribution in [0.25, 0.3) is 0 Å². The van der Waals surface area contributed by atoms with Crippen LogP contribution in [0.1, 0.15) is 20.8 Å². The number of imide groups is 1. The zero-order valence-electron chi connectivity index (χ0n) is 10.9. The van der Waals surface area contributed by atoms with E-state index in [4.69, 9.17) is 5.41 Å². The SMILES string of the molecule is C/C=C(C=N)/C=C/C(=O)N1CC(C)(C)C=CC1=O. The molecule has 0 atom stereocenters. The fourth-order valence-electron chi connectivity index (χ4n) is 1.60. The first-order valence-electron chi connectivity index (χ1n) is 5.79. The Balaban J connectivity index is 2.82. The van der Waals surface area contributed by atoms with Gasteiger partial charge in [-0.25, -0.2) is 0 Å². The molecular weight excluding hydrogens is 228 g/mol. The van der Waals surface area contributed by atoms with Gasteiger partial charge in [0, 0.05) is 30.3 Å². The number of hydrogen-bond donors (Lipinski definition) is 1. The van der Waals surface area contributed by atoms with Gasteiger partial charge in [0.25, 0.3) is 11.8 Å². The Morgan fingerprint density at radius 1 is 1.44 bits per heavy atom. The van der Waals surface area contributed by atoms with Crippen LogP contribution in [0.2, 0.25) is 0 Å².